The molecule has 0 aromatic carbocycles. The van der Waals surface area contributed by atoms with Gasteiger partial charge in [-0.15, -0.1) is 0 Å². The van der Waals surface area contributed by atoms with Crippen LogP contribution in [0.3, 0.4) is 0 Å². The van der Waals surface area contributed by atoms with Crippen molar-refractivity contribution in [1.82, 2.24) is 24.9 Å². The molecule has 132 valence electrons. The summed E-state index contributed by atoms with van der Waals surface area (Å²) in [6.07, 6.45) is 0. The maximum atomic E-state index is 12.6. The molecule has 0 radical (unpaired) electrons. The molecule has 4 heterocycles. The van der Waals surface area contributed by atoms with E-state index in [9.17, 15) is 4.79 Å². The molecule has 0 atom stereocenters. The predicted octanol–water partition coefficient (Wildman–Crippen LogP) is 3.05. The second-order valence-corrected chi connectivity index (χ2v) is 6.60. The smallest absolute Gasteiger partial charge is 0.339 e. The summed E-state index contributed by atoms with van der Waals surface area (Å²) < 4.78 is 12.2. The number of carbonyl (C=O) groups excluding carboxylic acids is 1. The van der Waals surface area contributed by atoms with Gasteiger partial charge in [0.2, 0.25) is 5.82 Å². The molecule has 4 rings (SSSR count). The Kier molecular flexibility index (Phi) is 4.00. The Morgan fingerprint density at radius 1 is 1.35 bits per heavy atom. The third-order valence-corrected chi connectivity index (χ3v) is 4.57. The summed E-state index contributed by atoms with van der Waals surface area (Å²) in [4.78, 5) is 21.3. The summed E-state index contributed by atoms with van der Waals surface area (Å²) in [5, 5.41) is 12.8. The Bertz CT molecular complexity index is 1100. The number of esters is 1. The highest BCUT2D eigenvalue weighted by atomic mass is 32.1. The zero-order valence-electron chi connectivity index (χ0n) is 14.4. The zero-order chi connectivity index (χ0) is 18.3. The van der Waals surface area contributed by atoms with Gasteiger partial charge in [0.1, 0.15) is 0 Å². The van der Waals surface area contributed by atoms with Gasteiger partial charge in [-0.3, -0.25) is 4.68 Å². The summed E-state index contributed by atoms with van der Waals surface area (Å²) >= 11 is 1.54. The number of ether oxygens (including phenoxy) is 1. The number of hydrogen-bond acceptors (Lipinski definition) is 8. The molecule has 0 spiro atoms. The molecular formula is C17H15N5O3S. The molecule has 0 aliphatic rings. The Balaban J connectivity index is 1.57. The predicted molar refractivity (Wildman–Crippen MR) is 94.7 cm³/mol. The van der Waals surface area contributed by atoms with Crippen molar-refractivity contribution in [3.8, 4) is 11.4 Å². The monoisotopic (exact) mass is 369 g/mol. The Hall–Kier alpha value is -3.07. The minimum atomic E-state index is -0.480. The van der Waals surface area contributed by atoms with Gasteiger partial charge in [0.05, 0.1) is 16.6 Å². The van der Waals surface area contributed by atoms with Gasteiger partial charge in [0.15, 0.2) is 12.3 Å². The lowest BCUT2D eigenvalue weighted by molar-refractivity contribution is 0.0432. The van der Waals surface area contributed by atoms with E-state index >= 15 is 0 Å². The number of hydrogen-bond donors (Lipinski definition) is 0. The molecule has 0 unspecified atom stereocenters. The average molecular weight is 369 g/mol. The zero-order valence-corrected chi connectivity index (χ0v) is 15.2. The molecule has 0 N–H and O–H groups in total. The number of nitrogens with zero attached hydrogens (tertiary/aromatic N) is 5. The molecule has 0 amide bonds. The van der Waals surface area contributed by atoms with Crippen molar-refractivity contribution in [1.29, 1.82) is 0 Å². The van der Waals surface area contributed by atoms with Crippen LogP contribution in [0.15, 0.2) is 27.4 Å². The van der Waals surface area contributed by atoms with Crippen molar-refractivity contribution in [2.45, 2.75) is 20.5 Å². The number of carbonyl (C=O) groups is 1. The molecule has 0 aliphatic heterocycles. The van der Waals surface area contributed by atoms with E-state index in [1.54, 1.807) is 29.1 Å². The first-order chi connectivity index (χ1) is 12.5. The molecule has 0 aliphatic carbocycles. The van der Waals surface area contributed by atoms with E-state index < -0.39 is 5.97 Å². The summed E-state index contributed by atoms with van der Waals surface area (Å²) in [7, 11) is 1.79. The van der Waals surface area contributed by atoms with Crippen LogP contribution >= 0.6 is 11.3 Å². The first kappa shape index (κ1) is 16.4. The maximum Gasteiger partial charge on any atom is 0.339 e. The SMILES string of the molecule is Cc1cc(C(=O)OCc2nc(-c3ccsc3)no2)c2c(C)nn(C)c2n1. The fraction of sp³-hybridized carbons (Fsp3) is 0.235. The van der Waals surface area contributed by atoms with E-state index in [-0.39, 0.29) is 12.5 Å². The van der Waals surface area contributed by atoms with Gasteiger partial charge in [-0.05, 0) is 31.4 Å². The van der Waals surface area contributed by atoms with Crippen LogP contribution in [0.4, 0.5) is 0 Å². The van der Waals surface area contributed by atoms with Gasteiger partial charge in [0, 0.05) is 23.7 Å². The third-order valence-electron chi connectivity index (χ3n) is 3.89. The van der Waals surface area contributed by atoms with Crippen molar-refractivity contribution in [2.75, 3.05) is 0 Å². The lowest BCUT2D eigenvalue weighted by Gasteiger charge is -2.05. The molecule has 9 heteroatoms. The topological polar surface area (TPSA) is 95.9 Å². The van der Waals surface area contributed by atoms with Crippen LogP contribution in [0.1, 0.15) is 27.6 Å². The van der Waals surface area contributed by atoms with Gasteiger partial charge in [-0.2, -0.15) is 21.4 Å². The number of pyridine rings is 1. The van der Waals surface area contributed by atoms with E-state index in [1.807, 2.05) is 30.7 Å². The molecule has 4 aromatic heterocycles. The molecule has 0 bridgehead atoms. The number of thiophene rings is 1. The van der Waals surface area contributed by atoms with Gasteiger partial charge in [-0.1, -0.05) is 5.16 Å². The van der Waals surface area contributed by atoms with Gasteiger partial charge < -0.3 is 9.26 Å². The Morgan fingerprint density at radius 3 is 2.96 bits per heavy atom. The van der Waals surface area contributed by atoms with Crippen LogP contribution < -0.4 is 0 Å². The summed E-state index contributed by atoms with van der Waals surface area (Å²) in [5.41, 5.74) is 3.38. The fourth-order valence-electron chi connectivity index (χ4n) is 2.76. The molecule has 8 nitrogen and oxygen atoms in total. The highest BCUT2D eigenvalue weighted by Crippen LogP contribution is 2.23. The minimum Gasteiger partial charge on any atom is -0.452 e. The second kappa shape index (κ2) is 6.34. The fourth-order valence-corrected chi connectivity index (χ4v) is 3.39. The van der Waals surface area contributed by atoms with Crippen molar-refractivity contribution in [3.05, 3.63) is 45.7 Å². The highest BCUT2D eigenvalue weighted by molar-refractivity contribution is 7.08. The average Bonchev–Trinajstić information content (AvgIpc) is 3.33. The first-order valence-corrected chi connectivity index (χ1v) is 8.80. The van der Waals surface area contributed by atoms with Crippen molar-refractivity contribution in [2.24, 2.45) is 7.05 Å². The molecule has 0 saturated carbocycles. The molecular weight excluding hydrogens is 354 g/mol. The van der Waals surface area contributed by atoms with E-state index in [0.717, 1.165) is 11.3 Å². The van der Waals surface area contributed by atoms with Crippen molar-refractivity contribution < 1.29 is 14.1 Å². The number of fused-ring (bicyclic) bond motifs is 1. The van der Waals surface area contributed by atoms with Crippen LogP contribution in [0.2, 0.25) is 0 Å². The largest absolute Gasteiger partial charge is 0.452 e. The number of aromatic nitrogens is 5. The summed E-state index contributed by atoms with van der Waals surface area (Å²) in [6.45, 7) is 3.56. The molecule has 4 aromatic rings. The van der Waals surface area contributed by atoms with Gasteiger partial charge in [0.25, 0.3) is 5.89 Å². The van der Waals surface area contributed by atoms with E-state index in [4.69, 9.17) is 9.26 Å². The van der Waals surface area contributed by atoms with Crippen LogP contribution in [-0.4, -0.2) is 30.9 Å². The Labute approximate surface area is 152 Å². The molecule has 0 fully saturated rings. The lowest BCUT2D eigenvalue weighted by atomic mass is 10.1. The quantitative estimate of drug-likeness (QED) is 0.510. The van der Waals surface area contributed by atoms with E-state index in [0.29, 0.717) is 28.1 Å². The minimum absolute atomic E-state index is 0.0991. The van der Waals surface area contributed by atoms with Gasteiger partial charge in [-0.25, -0.2) is 9.78 Å². The summed E-state index contributed by atoms with van der Waals surface area (Å²) in [5.74, 6) is 0.235. The van der Waals surface area contributed by atoms with Crippen molar-refractivity contribution >= 4 is 28.3 Å². The standard InChI is InChI=1S/C17H15N5O3S/c1-9-6-12(14-10(2)20-22(3)16(14)18-9)17(23)24-7-13-19-15(21-25-13)11-4-5-26-8-11/h4-6,8H,7H2,1-3H3. The van der Waals surface area contributed by atoms with Crippen LogP contribution in [0.5, 0.6) is 0 Å². The lowest BCUT2D eigenvalue weighted by Crippen LogP contribution is -2.08. The van der Waals surface area contributed by atoms with Crippen LogP contribution in [0, 0.1) is 13.8 Å². The Morgan fingerprint density at radius 2 is 2.19 bits per heavy atom. The van der Waals surface area contributed by atoms with Crippen LogP contribution in [0.25, 0.3) is 22.4 Å². The first-order valence-electron chi connectivity index (χ1n) is 7.86. The number of aryl methyl sites for hydroxylation is 3. The third kappa shape index (κ3) is 2.86. The van der Waals surface area contributed by atoms with Gasteiger partial charge >= 0.3 is 5.97 Å². The van der Waals surface area contributed by atoms with Crippen molar-refractivity contribution in [3.63, 3.8) is 0 Å². The maximum absolute atomic E-state index is 12.6. The normalized spacial score (nSPS) is 11.2. The van der Waals surface area contributed by atoms with E-state index in [2.05, 4.69) is 20.2 Å². The summed E-state index contributed by atoms with van der Waals surface area (Å²) in [6, 6.07) is 3.59. The highest BCUT2D eigenvalue weighted by Gasteiger charge is 2.20. The molecule has 26 heavy (non-hydrogen) atoms. The van der Waals surface area contributed by atoms with Crippen LogP contribution in [-0.2, 0) is 18.4 Å². The van der Waals surface area contributed by atoms with E-state index in [1.165, 1.54) is 0 Å². The second-order valence-electron chi connectivity index (χ2n) is 5.82. The number of rotatable bonds is 4. The molecule has 0 saturated heterocycles.